The molecule has 0 saturated heterocycles. The zero-order valence-electron chi connectivity index (χ0n) is 12.3. The van der Waals surface area contributed by atoms with Crippen LogP contribution in [0.15, 0.2) is 6.07 Å². The highest BCUT2D eigenvalue weighted by atomic mass is 16.5. The lowest BCUT2D eigenvalue weighted by atomic mass is 10.2. The fourth-order valence-electron chi connectivity index (χ4n) is 1.57. The third-order valence-electron chi connectivity index (χ3n) is 2.69. The molecule has 0 aliphatic carbocycles. The standard InChI is InChI=1S/C14H26N4O/c1-4-5-8-19-9-6-7-16-13-10-12(15)17-14(18-13)11(2)3/h10-11H,4-9H2,1-3H3,(H3,15,16,17,18). The molecule has 1 rings (SSSR count). The van der Waals surface area contributed by atoms with Crippen LogP contribution in [0.3, 0.4) is 0 Å². The van der Waals surface area contributed by atoms with Crippen molar-refractivity contribution in [1.29, 1.82) is 0 Å². The van der Waals surface area contributed by atoms with Crippen molar-refractivity contribution in [3.8, 4) is 0 Å². The van der Waals surface area contributed by atoms with E-state index in [0.717, 1.165) is 44.2 Å². The highest BCUT2D eigenvalue weighted by molar-refractivity contribution is 5.44. The number of rotatable bonds is 9. The van der Waals surface area contributed by atoms with Gasteiger partial charge in [0.2, 0.25) is 0 Å². The summed E-state index contributed by atoms with van der Waals surface area (Å²) in [6.07, 6.45) is 3.27. The molecule has 5 heteroatoms. The topological polar surface area (TPSA) is 73.1 Å². The van der Waals surface area contributed by atoms with Crippen molar-refractivity contribution in [3.05, 3.63) is 11.9 Å². The molecule has 108 valence electrons. The second-order valence-electron chi connectivity index (χ2n) is 4.94. The molecule has 0 atom stereocenters. The van der Waals surface area contributed by atoms with E-state index >= 15 is 0 Å². The van der Waals surface area contributed by atoms with Crippen molar-refractivity contribution in [2.45, 2.75) is 46.0 Å². The van der Waals surface area contributed by atoms with E-state index in [-0.39, 0.29) is 5.92 Å². The quantitative estimate of drug-likeness (QED) is 0.672. The molecule has 3 N–H and O–H groups in total. The van der Waals surface area contributed by atoms with Gasteiger partial charge < -0.3 is 15.8 Å². The number of hydrogen-bond acceptors (Lipinski definition) is 5. The van der Waals surface area contributed by atoms with Gasteiger partial charge in [-0.3, -0.25) is 0 Å². The van der Waals surface area contributed by atoms with Gasteiger partial charge in [-0.2, -0.15) is 0 Å². The fourth-order valence-corrected chi connectivity index (χ4v) is 1.57. The summed E-state index contributed by atoms with van der Waals surface area (Å²) in [5, 5.41) is 3.26. The Labute approximate surface area is 116 Å². The average molecular weight is 266 g/mol. The van der Waals surface area contributed by atoms with E-state index in [1.54, 1.807) is 6.07 Å². The first-order valence-corrected chi connectivity index (χ1v) is 7.09. The third kappa shape index (κ3) is 6.38. The highest BCUT2D eigenvalue weighted by Gasteiger charge is 2.06. The lowest BCUT2D eigenvalue weighted by Crippen LogP contribution is -2.10. The predicted molar refractivity (Wildman–Crippen MR) is 79.4 cm³/mol. The van der Waals surface area contributed by atoms with Crippen LogP contribution in [-0.4, -0.2) is 29.7 Å². The minimum atomic E-state index is 0.279. The van der Waals surface area contributed by atoms with Crippen LogP contribution in [-0.2, 0) is 4.74 Å². The zero-order chi connectivity index (χ0) is 14.1. The van der Waals surface area contributed by atoms with Crippen LogP contribution in [0.5, 0.6) is 0 Å². The van der Waals surface area contributed by atoms with Gasteiger partial charge in [0.15, 0.2) is 0 Å². The maximum absolute atomic E-state index is 5.77. The van der Waals surface area contributed by atoms with Gasteiger partial charge in [-0.1, -0.05) is 27.2 Å². The number of nitrogens with two attached hydrogens (primary N) is 1. The second-order valence-corrected chi connectivity index (χ2v) is 4.94. The van der Waals surface area contributed by atoms with Gasteiger partial charge in [-0.25, -0.2) is 9.97 Å². The van der Waals surface area contributed by atoms with Gasteiger partial charge in [0, 0.05) is 31.7 Å². The zero-order valence-corrected chi connectivity index (χ0v) is 12.3. The van der Waals surface area contributed by atoms with Crippen LogP contribution in [0, 0.1) is 0 Å². The number of nitrogens with one attached hydrogen (secondary N) is 1. The number of aromatic nitrogens is 2. The van der Waals surface area contributed by atoms with Crippen molar-refractivity contribution >= 4 is 11.6 Å². The Hall–Kier alpha value is -1.36. The van der Waals surface area contributed by atoms with E-state index < -0.39 is 0 Å². The van der Waals surface area contributed by atoms with Gasteiger partial charge in [-0.15, -0.1) is 0 Å². The van der Waals surface area contributed by atoms with E-state index in [2.05, 4.69) is 36.1 Å². The van der Waals surface area contributed by atoms with Crippen LogP contribution in [0.4, 0.5) is 11.6 Å². The summed E-state index contributed by atoms with van der Waals surface area (Å²) in [6, 6.07) is 1.77. The molecule has 1 aromatic heterocycles. The summed E-state index contributed by atoms with van der Waals surface area (Å²) in [7, 11) is 0. The van der Waals surface area contributed by atoms with Crippen molar-refractivity contribution in [2.24, 2.45) is 0 Å². The Kier molecular flexibility index (Phi) is 7.18. The average Bonchev–Trinajstić information content (AvgIpc) is 2.37. The maximum atomic E-state index is 5.77. The van der Waals surface area contributed by atoms with Crippen LogP contribution < -0.4 is 11.1 Å². The molecular formula is C14H26N4O. The van der Waals surface area contributed by atoms with Crippen molar-refractivity contribution < 1.29 is 4.74 Å². The molecule has 0 aliphatic heterocycles. The predicted octanol–water partition coefficient (Wildman–Crippen LogP) is 2.80. The molecule has 0 amide bonds. The molecule has 5 nitrogen and oxygen atoms in total. The second kappa shape index (κ2) is 8.69. The first kappa shape index (κ1) is 15.7. The summed E-state index contributed by atoms with van der Waals surface area (Å²) in [5.41, 5.74) is 5.77. The van der Waals surface area contributed by atoms with Gasteiger partial charge in [0.1, 0.15) is 17.5 Å². The van der Waals surface area contributed by atoms with Gasteiger partial charge in [0.25, 0.3) is 0 Å². The van der Waals surface area contributed by atoms with Crippen molar-refractivity contribution in [1.82, 2.24) is 9.97 Å². The van der Waals surface area contributed by atoms with Gasteiger partial charge >= 0.3 is 0 Å². The highest BCUT2D eigenvalue weighted by Crippen LogP contribution is 2.14. The van der Waals surface area contributed by atoms with Crippen molar-refractivity contribution in [3.63, 3.8) is 0 Å². The van der Waals surface area contributed by atoms with Crippen LogP contribution in [0.2, 0.25) is 0 Å². The number of nitrogens with zero attached hydrogens (tertiary/aromatic N) is 2. The summed E-state index contributed by atoms with van der Waals surface area (Å²) < 4.78 is 5.50. The van der Waals surface area contributed by atoms with E-state index in [4.69, 9.17) is 10.5 Å². The number of nitrogen functional groups attached to an aromatic ring is 1. The van der Waals surface area contributed by atoms with Crippen LogP contribution >= 0.6 is 0 Å². The first-order chi connectivity index (χ1) is 9.13. The van der Waals surface area contributed by atoms with E-state index in [9.17, 15) is 0 Å². The van der Waals surface area contributed by atoms with Gasteiger partial charge in [-0.05, 0) is 12.8 Å². The minimum Gasteiger partial charge on any atom is -0.384 e. The Bertz CT molecular complexity index is 368. The molecule has 1 heterocycles. The number of hydrogen-bond donors (Lipinski definition) is 2. The molecule has 0 spiro atoms. The minimum absolute atomic E-state index is 0.279. The molecule has 0 bridgehead atoms. The normalized spacial score (nSPS) is 10.9. The number of anilines is 2. The SMILES string of the molecule is CCCCOCCCNc1cc(N)nc(C(C)C)n1. The lowest BCUT2D eigenvalue weighted by Gasteiger charge is -2.10. The Morgan fingerprint density at radius 2 is 2.00 bits per heavy atom. The molecule has 0 fully saturated rings. The summed E-state index contributed by atoms with van der Waals surface area (Å²) >= 11 is 0. The van der Waals surface area contributed by atoms with Crippen LogP contribution in [0.25, 0.3) is 0 Å². The lowest BCUT2D eigenvalue weighted by molar-refractivity contribution is 0.131. The Morgan fingerprint density at radius 1 is 1.26 bits per heavy atom. The molecule has 1 aromatic rings. The third-order valence-corrected chi connectivity index (χ3v) is 2.69. The number of unbranched alkanes of at least 4 members (excludes halogenated alkanes) is 1. The monoisotopic (exact) mass is 266 g/mol. The Balaban J connectivity index is 2.29. The molecule has 0 aliphatic rings. The molecule has 0 radical (unpaired) electrons. The van der Waals surface area contributed by atoms with Crippen LogP contribution in [0.1, 0.15) is 51.8 Å². The molecule has 19 heavy (non-hydrogen) atoms. The summed E-state index contributed by atoms with van der Waals surface area (Å²) in [4.78, 5) is 8.65. The van der Waals surface area contributed by atoms with E-state index in [1.807, 2.05) is 0 Å². The molecule has 0 unspecified atom stereocenters. The fraction of sp³-hybridized carbons (Fsp3) is 0.714. The largest absolute Gasteiger partial charge is 0.384 e. The number of ether oxygens (including phenoxy) is 1. The smallest absolute Gasteiger partial charge is 0.135 e. The Morgan fingerprint density at radius 3 is 2.68 bits per heavy atom. The maximum Gasteiger partial charge on any atom is 0.135 e. The van der Waals surface area contributed by atoms with Crippen molar-refractivity contribution in [2.75, 3.05) is 30.8 Å². The first-order valence-electron chi connectivity index (χ1n) is 7.09. The van der Waals surface area contributed by atoms with E-state index in [0.29, 0.717) is 5.82 Å². The van der Waals surface area contributed by atoms with Gasteiger partial charge in [0.05, 0.1) is 0 Å². The molecule has 0 aromatic carbocycles. The molecular weight excluding hydrogens is 240 g/mol. The molecule has 0 saturated carbocycles. The summed E-state index contributed by atoms with van der Waals surface area (Å²) in [5.74, 6) is 2.37. The summed E-state index contributed by atoms with van der Waals surface area (Å²) in [6.45, 7) is 8.75. The van der Waals surface area contributed by atoms with E-state index in [1.165, 1.54) is 6.42 Å².